The smallest absolute Gasteiger partial charge is 0.264 e. The summed E-state index contributed by atoms with van der Waals surface area (Å²) in [6.45, 7) is 17.5. The molecule has 8 rings (SSSR count). The molecule has 0 radical (unpaired) electrons. The number of hydrogen-bond donors (Lipinski definition) is 1. The van der Waals surface area contributed by atoms with Gasteiger partial charge < -0.3 is 14.4 Å². The number of carbonyl (C=O) groups is 1. The van der Waals surface area contributed by atoms with Crippen molar-refractivity contribution in [3.05, 3.63) is 70.3 Å². The summed E-state index contributed by atoms with van der Waals surface area (Å²) in [5.74, 6) is 0.493. The first kappa shape index (κ1) is 40.1. The molecule has 1 spiro atoms. The van der Waals surface area contributed by atoms with Crippen LogP contribution >= 0.6 is 11.6 Å². The van der Waals surface area contributed by atoms with Crippen molar-refractivity contribution in [2.24, 2.45) is 17.8 Å². The number of anilines is 1. The second kappa shape index (κ2) is 15.8. The summed E-state index contributed by atoms with van der Waals surface area (Å²) >= 11 is 6.53. The third kappa shape index (κ3) is 7.65. The van der Waals surface area contributed by atoms with E-state index in [-0.39, 0.29) is 17.3 Å². The van der Waals surface area contributed by atoms with Crippen LogP contribution < -0.4 is 14.4 Å². The van der Waals surface area contributed by atoms with Crippen LogP contribution in [0.2, 0.25) is 5.02 Å². The highest BCUT2D eigenvalue weighted by Crippen LogP contribution is 2.49. The number of amides is 1. The Balaban J connectivity index is 1.17. The van der Waals surface area contributed by atoms with Crippen LogP contribution in [0.5, 0.6) is 5.75 Å². The van der Waals surface area contributed by atoms with Gasteiger partial charge in [0, 0.05) is 94.1 Å². The van der Waals surface area contributed by atoms with Gasteiger partial charge in [-0.15, -0.1) is 0 Å². The van der Waals surface area contributed by atoms with E-state index in [1.54, 1.807) is 13.0 Å². The first-order chi connectivity index (χ1) is 26.8. The number of allylic oxidation sites excluding steroid dienone is 1. The molecule has 1 amide bonds. The molecule has 10 nitrogen and oxygen atoms in total. The molecule has 2 aliphatic carbocycles. The summed E-state index contributed by atoms with van der Waals surface area (Å²) in [5.41, 5.74) is 2.92. The van der Waals surface area contributed by atoms with Crippen molar-refractivity contribution in [3.8, 4) is 5.75 Å². The number of nitrogens with one attached hydrogen (secondary N) is 1. The zero-order valence-corrected chi connectivity index (χ0v) is 35.6. The lowest BCUT2D eigenvalue weighted by atomic mass is 9.63. The third-order valence-electron chi connectivity index (χ3n) is 14.6. The average Bonchev–Trinajstić information content (AvgIpc) is 3.31. The van der Waals surface area contributed by atoms with Crippen molar-refractivity contribution in [1.82, 2.24) is 19.4 Å². The van der Waals surface area contributed by atoms with Gasteiger partial charge in [0.1, 0.15) is 11.4 Å². The fourth-order valence-electron chi connectivity index (χ4n) is 10.8. The number of fused-ring (bicyclic) bond motifs is 5. The summed E-state index contributed by atoms with van der Waals surface area (Å²) in [6, 6.07) is 12.7. The van der Waals surface area contributed by atoms with Crippen molar-refractivity contribution in [2.45, 2.75) is 94.6 Å². The molecule has 1 N–H and O–H groups in total. The minimum absolute atomic E-state index is 0.218. The minimum Gasteiger partial charge on any atom is -0.490 e. The molecule has 56 heavy (non-hydrogen) atoms. The number of carbonyl (C=O) groups excluding carboxylic acids is 1. The number of hydrogen-bond acceptors (Lipinski definition) is 9. The number of ether oxygens (including phenoxy) is 2. The average molecular weight is 809 g/mol. The maximum Gasteiger partial charge on any atom is 0.264 e. The normalized spacial score (nSPS) is 34.7. The molecule has 2 bridgehead atoms. The van der Waals surface area contributed by atoms with Gasteiger partial charge in [-0.2, -0.15) is 0 Å². The molecular formula is C44H62ClN5O5S. The summed E-state index contributed by atoms with van der Waals surface area (Å²) in [7, 11) is -2.08. The van der Waals surface area contributed by atoms with E-state index in [0.717, 1.165) is 107 Å². The van der Waals surface area contributed by atoms with Crippen LogP contribution in [0.15, 0.2) is 48.6 Å². The van der Waals surface area contributed by atoms with Crippen LogP contribution in [0.25, 0.3) is 0 Å². The molecule has 306 valence electrons. The first-order valence-corrected chi connectivity index (χ1v) is 23.0. The monoisotopic (exact) mass is 807 g/mol. The fraction of sp³-hybridized carbons (Fsp3) is 0.659. The van der Waals surface area contributed by atoms with Crippen LogP contribution in [0, 0.1) is 17.8 Å². The second-order valence-corrected chi connectivity index (χ2v) is 20.7. The summed E-state index contributed by atoms with van der Waals surface area (Å²) < 4.78 is 43.4. The van der Waals surface area contributed by atoms with Gasteiger partial charge in [0.15, 0.2) is 0 Å². The van der Waals surface area contributed by atoms with Crippen molar-refractivity contribution >= 4 is 33.2 Å². The third-order valence-corrected chi connectivity index (χ3v) is 16.8. The highest BCUT2D eigenvalue weighted by Gasteiger charge is 2.50. The molecule has 1 unspecified atom stereocenters. The van der Waals surface area contributed by atoms with Crippen molar-refractivity contribution < 1.29 is 22.7 Å². The summed E-state index contributed by atoms with van der Waals surface area (Å²) in [5, 5.41) is -0.0255. The number of piperazine rings is 2. The molecule has 12 heteroatoms. The number of rotatable bonds is 4. The maximum atomic E-state index is 13.7. The predicted molar refractivity (Wildman–Crippen MR) is 223 cm³/mol. The molecule has 4 aliphatic heterocycles. The van der Waals surface area contributed by atoms with E-state index in [1.165, 1.54) is 11.1 Å². The Kier molecular flexibility index (Phi) is 11.3. The van der Waals surface area contributed by atoms with E-state index in [4.69, 9.17) is 21.1 Å². The van der Waals surface area contributed by atoms with Crippen LogP contribution in [0.1, 0.15) is 81.3 Å². The molecule has 3 fully saturated rings. The number of methoxy groups -OCH3 is 1. The first-order valence-electron chi connectivity index (χ1n) is 21.1. The van der Waals surface area contributed by atoms with Gasteiger partial charge in [0.05, 0.1) is 17.5 Å². The largest absolute Gasteiger partial charge is 0.490 e. The van der Waals surface area contributed by atoms with Gasteiger partial charge in [-0.05, 0) is 119 Å². The molecule has 2 saturated heterocycles. The second-order valence-electron chi connectivity index (χ2n) is 18.2. The molecule has 4 heterocycles. The topological polar surface area (TPSA) is 94.7 Å². The van der Waals surface area contributed by atoms with E-state index >= 15 is 0 Å². The molecule has 7 atom stereocenters. The number of halogens is 1. The molecule has 1 saturated carbocycles. The Bertz CT molecular complexity index is 1930. The Hall–Kier alpha value is -2.67. The predicted octanol–water partition coefficient (Wildman–Crippen LogP) is 5.98. The highest BCUT2D eigenvalue weighted by atomic mass is 35.5. The van der Waals surface area contributed by atoms with E-state index in [0.29, 0.717) is 36.6 Å². The SMILES string of the molecule is CO[C@@]1(CN2CCN3CCN(C(C)C)CC3C2)/C=C/C[C@H](C)[C@@H](C)S(=O)(=O)NC(=O)c2ccc3c(c2)N(C[C@@H]2CC[C@H]21)C[C@@]1(CCCc2cc(Cl)ccc21)CO3. The van der Waals surface area contributed by atoms with Gasteiger partial charge >= 0.3 is 0 Å². The quantitative estimate of drug-likeness (QED) is 0.375. The lowest BCUT2D eigenvalue weighted by Gasteiger charge is -2.54. The lowest BCUT2D eigenvalue weighted by Crippen LogP contribution is -2.65. The van der Waals surface area contributed by atoms with Crippen LogP contribution in [-0.2, 0) is 26.6 Å². The van der Waals surface area contributed by atoms with E-state index < -0.39 is 26.8 Å². The van der Waals surface area contributed by atoms with Gasteiger partial charge in [0.2, 0.25) is 10.0 Å². The van der Waals surface area contributed by atoms with Crippen LogP contribution in [-0.4, -0.2) is 125 Å². The lowest BCUT2D eigenvalue weighted by molar-refractivity contribution is -0.102. The molecule has 0 aromatic heterocycles. The van der Waals surface area contributed by atoms with Crippen molar-refractivity contribution in [2.75, 3.05) is 77.5 Å². The van der Waals surface area contributed by atoms with Gasteiger partial charge in [-0.25, -0.2) is 13.1 Å². The van der Waals surface area contributed by atoms with Crippen LogP contribution in [0.4, 0.5) is 5.69 Å². The zero-order chi connectivity index (χ0) is 39.4. The Morgan fingerprint density at radius 1 is 1.04 bits per heavy atom. The molecular weight excluding hydrogens is 746 g/mol. The van der Waals surface area contributed by atoms with E-state index in [9.17, 15) is 13.2 Å². The molecule has 6 aliphatic rings. The van der Waals surface area contributed by atoms with Gasteiger partial charge in [-0.3, -0.25) is 19.5 Å². The Morgan fingerprint density at radius 2 is 1.86 bits per heavy atom. The Labute approximate surface area is 339 Å². The fourth-order valence-corrected chi connectivity index (χ4v) is 12.3. The summed E-state index contributed by atoms with van der Waals surface area (Å²) in [4.78, 5) is 24.1. The number of aryl methyl sites for hydroxylation is 1. The Morgan fingerprint density at radius 3 is 2.62 bits per heavy atom. The molecule has 2 aromatic carbocycles. The molecule has 2 aromatic rings. The highest BCUT2D eigenvalue weighted by molar-refractivity contribution is 7.90. The minimum atomic E-state index is -3.96. The maximum absolute atomic E-state index is 13.7. The van der Waals surface area contributed by atoms with Crippen molar-refractivity contribution in [1.29, 1.82) is 0 Å². The standard InChI is InChI=1S/C44H62ClN5O5S/c1-30(2)49-21-20-48-19-18-47(25-37(48)26-49)28-44(54-5)17-6-8-31(3)32(4)56(52,53)46-42(51)34-11-15-41-40(23-34)50(24-35-10-13-39(35)44)27-43(29-55-41)16-7-9-33-22-36(45)12-14-38(33)43/h6,11-12,14-15,17,22-23,30-32,35,37,39H,7-10,13,16,18-21,24-29H2,1-5H3,(H,46,51)/b17-6+/t31-,32+,35-,37?,39+,43-,44+/m0/s1. The van der Waals surface area contributed by atoms with Crippen LogP contribution in [0.3, 0.4) is 0 Å². The number of benzene rings is 2. The number of nitrogens with zero attached hydrogens (tertiary/aromatic N) is 4. The zero-order valence-electron chi connectivity index (χ0n) is 34.0. The summed E-state index contributed by atoms with van der Waals surface area (Å²) in [6.07, 6.45) is 10.2. The van der Waals surface area contributed by atoms with E-state index in [1.807, 2.05) is 32.2 Å². The number of sulfonamides is 1. The van der Waals surface area contributed by atoms with Crippen molar-refractivity contribution in [3.63, 3.8) is 0 Å². The van der Waals surface area contributed by atoms with Gasteiger partial charge in [0.25, 0.3) is 5.91 Å². The van der Waals surface area contributed by atoms with E-state index in [2.05, 4.69) is 62.5 Å². The van der Waals surface area contributed by atoms with Gasteiger partial charge in [-0.1, -0.05) is 36.7 Å².